The summed E-state index contributed by atoms with van der Waals surface area (Å²) < 4.78 is 7.33. The van der Waals surface area contributed by atoms with Gasteiger partial charge in [-0.15, -0.1) is 0 Å². The topological polar surface area (TPSA) is 102 Å². The largest absolute Gasteiger partial charge is 0.356 e. The van der Waals surface area contributed by atoms with Crippen molar-refractivity contribution in [2.75, 3.05) is 18.4 Å². The third kappa shape index (κ3) is 4.51. The van der Waals surface area contributed by atoms with Crippen LogP contribution in [0, 0.1) is 13.8 Å². The molecule has 1 amide bonds. The summed E-state index contributed by atoms with van der Waals surface area (Å²) in [6, 6.07) is 2.14. The van der Waals surface area contributed by atoms with E-state index in [0.717, 1.165) is 42.0 Å². The number of hydrogen-bond donors (Lipinski definition) is 1. The van der Waals surface area contributed by atoms with Gasteiger partial charge in [0.1, 0.15) is 0 Å². The number of rotatable bonds is 6. The number of carbonyl (C=O) groups is 1. The zero-order valence-electron chi connectivity index (χ0n) is 19.4. The van der Waals surface area contributed by atoms with Crippen molar-refractivity contribution in [2.24, 2.45) is 0 Å². The van der Waals surface area contributed by atoms with E-state index in [-0.39, 0.29) is 17.9 Å². The van der Waals surface area contributed by atoms with Crippen LogP contribution in [-0.2, 0) is 6.54 Å². The van der Waals surface area contributed by atoms with Gasteiger partial charge in [-0.3, -0.25) is 9.48 Å². The fraction of sp³-hybridized carbons (Fsp3) is 0.522. The molecule has 3 aromatic rings. The molecule has 0 bridgehead atoms. The van der Waals surface area contributed by atoms with Gasteiger partial charge in [-0.25, -0.2) is 9.97 Å². The van der Waals surface area contributed by atoms with Crippen LogP contribution in [0.1, 0.15) is 67.0 Å². The van der Waals surface area contributed by atoms with Crippen molar-refractivity contribution in [1.82, 2.24) is 29.8 Å². The van der Waals surface area contributed by atoms with E-state index < -0.39 is 0 Å². The van der Waals surface area contributed by atoms with Crippen LogP contribution in [0.15, 0.2) is 23.0 Å². The molecule has 0 saturated carbocycles. The zero-order chi connectivity index (χ0) is 22.8. The third-order valence-electron chi connectivity index (χ3n) is 5.80. The number of anilines is 1. The van der Waals surface area contributed by atoms with Crippen molar-refractivity contribution in [2.45, 2.75) is 66.0 Å². The Hall–Kier alpha value is -3.23. The second-order valence-electron chi connectivity index (χ2n) is 8.67. The number of carbonyl (C=O) groups excluding carboxylic acids is 1. The second-order valence-corrected chi connectivity index (χ2v) is 8.67. The van der Waals surface area contributed by atoms with E-state index in [1.807, 2.05) is 48.8 Å². The maximum absolute atomic E-state index is 13.1. The maximum atomic E-state index is 13.1. The fourth-order valence-electron chi connectivity index (χ4n) is 4.13. The lowest BCUT2D eigenvalue weighted by molar-refractivity contribution is 0.0711. The first-order chi connectivity index (χ1) is 15.4. The van der Waals surface area contributed by atoms with Crippen LogP contribution >= 0.6 is 0 Å². The predicted molar refractivity (Wildman–Crippen MR) is 122 cm³/mol. The van der Waals surface area contributed by atoms with Crippen molar-refractivity contribution >= 4 is 11.9 Å². The van der Waals surface area contributed by atoms with Crippen LogP contribution in [0.5, 0.6) is 0 Å². The summed E-state index contributed by atoms with van der Waals surface area (Å²) in [6.07, 6.45) is 5.31. The molecular formula is C23H31N7O2. The van der Waals surface area contributed by atoms with Crippen LogP contribution < -0.4 is 5.32 Å². The van der Waals surface area contributed by atoms with Gasteiger partial charge in [-0.05, 0) is 47.5 Å². The van der Waals surface area contributed by atoms with E-state index in [4.69, 9.17) is 9.51 Å². The monoisotopic (exact) mass is 437 g/mol. The van der Waals surface area contributed by atoms with Gasteiger partial charge in [0.05, 0.1) is 28.2 Å². The number of piperidine rings is 1. The molecule has 3 aromatic heterocycles. The van der Waals surface area contributed by atoms with Crippen molar-refractivity contribution in [1.29, 1.82) is 0 Å². The molecule has 1 aliphatic rings. The van der Waals surface area contributed by atoms with E-state index in [2.05, 4.69) is 34.4 Å². The summed E-state index contributed by atoms with van der Waals surface area (Å²) >= 11 is 0. The summed E-state index contributed by atoms with van der Waals surface area (Å²) in [7, 11) is 0. The first-order valence-electron chi connectivity index (χ1n) is 11.3. The van der Waals surface area contributed by atoms with Crippen LogP contribution in [-0.4, -0.2) is 54.8 Å². The molecule has 0 aromatic carbocycles. The highest BCUT2D eigenvalue weighted by atomic mass is 16.5. The van der Waals surface area contributed by atoms with Crippen LogP contribution in [0.25, 0.3) is 11.3 Å². The van der Waals surface area contributed by atoms with Gasteiger partial charge >= 0.3 is 0 Å². The molecule has 1 aliphatic heterocycles. The third-order valence-corrected chi connectivity index (χ3v) is 5.80. The maximum Gasteiger partial charge on any atom is 0.257 e. The van der Waals surface area contributed by atoms with E-state index in [0.29, 0.717) is 30.4 Å². The Morgan fingerprint density at radius 3 is 2.62 bits per heavy atom. The molecule has 0 radical (unpaired) electrons. The molecule has 32 heavy (non-hydrogen) atoms. The summed E-state index contributed by atoms with van der Waals surface area (Å²) in [5.41, 5.74) is 4.10. The van der Waals surface area contributed by atoms with Gasteiger partial charge < -0.3 is 14.7 Å². The van der Waals surface area contributed by atoms with E-state index >= 15 is 0 Å². The Balaban J connectivity index is 1.55. The summed E-state index contributed by atoms with van der Waals surface area (Å²) in [5.74, 6) is 1.54. The molecule has 0 spiro atoms. The van der Waals surface area contributed by atoms with Crippen molar-refractivity contribution in [3.8, 4) is 11.3 Å². The van der Waals surface area contributed by atoms with Crippen molar-refractivity contribution in [3.63, 3.8) is 0 Å². The predicted octanol–water partition coefficient (Wildman–Crippen LogP) is 3.80. The molecule has 0 atom stereocenters. The minimum Gasteiger partial charge on any atom is -0.356 e. The molecular weight excluding hydrogens is 406 g/mol. The molecule has 1 fully saturated rings. The van der Waals surface area contributed by atoms with E-state index in [9.17, 15) is 4.79 Å². The lowest BCUT2D eigenvalue weighted by Crippen LogP contribution is -2.38. The molecule has 170 valence electrons. The van der Waals surface area contributed by atoms with E-state index in [1.165, 1.54) is 0 Å². The number of nitrogens with zero attached hydrogens (tertiary/aromatic N) is 6. The van der Waals surface area contributed by atoms with E-state index in [1.54, 1.807) is 0 Å². The van der Waals surface area contributed by atoms with Gasteiger partial charge in [0.15, 0.2) is 5.76 Å². The Kier molecular flexibility index (Phi) is 6.25. The summed E-state index contributed by atoms with van der Waals surface area (Å²) in [4.78, 5) is 24.3. The minimum absolute atomic E-state index is 0.0524. The van der Waals surface area contributed by atoms with Crippen LogP contribution in [0.3, 0.4) is 0 Å². The average Bonchev–Trinajstić information content (AvgIpc) is 3.38. The zero-order valence-corrected chi connectivity index (χ0v) is 19.4. The minimum atomic E-state index is 0.0524. The molecule has 0 unspecified atom stereocenters. The standard InChI is InChI=1S/C23H31N7O2/c1-6-30-13-19(16(5)27-30)22(31)29-9-7-17(8-10-29)21-18(20-11-15(4)28-32-20)12-24-23(26-21)25-14(2)3/h11-14,17H,6-10H2,1-5H3,(H,24,25,26). The summed E-state index contributed by atoms with van der Waals surface area (Å²) in [6.45, 7) is 12.0. The number of likely N-dealkylation sites (tertiary alicyclic amines) is 1. The number of hydrogen-bond acceptors (Lipinski definition) is 7. The van der Waals surface area contributed by atoms with Crippen molar-refractivity contribution in [3.05, 3.63) is 41.1 Å². The second kappa shape index (κ2) is 9.10. The first-order valence-corrected chi connectivity index (χ1v) is 11.3. The summed E-state index contributed by atoms with van der Waals surface area (Å²) in [5, 5.41) is 11.7. The quantitative estimate of drug-likeness (QED) is 0.626. The molecule has 1 N–H and O–H groups in total. The van der Waals surface area contributed by atoms with Crippen molar-refractivity contribution < 1.29 is 9.32 Å². The number of amides is 1. The molecule has 9 nitrogen and oxygen atoms in total. The molecule has 0 aliphatic carbocycles. The van der Waals surface area contributed by atoms with Gasteiger partial charge in [0.2, 0.25) is 5.95 Å². The molecule has 1 saturated heterocycles. The van der Waals surface area contributed by atoms with Gasteiger partial charge in [0.25, 0.3) is 5.91 Å². The highest BCUT2D eigenvalue weighted by molar-refractivity contribution is 5.95. The smallest absolute Gasteiger partial charge is 0.257 e. The Bertz CT molecular complexity index is 1090. The molecule has 4 rings (SSSR count). The van der Waals surface area contributed by atoms with Crippen LogP contribution in [0.2, 0.25) is 0 Å². The normalized spacial score (nSPS) is 14.9. The van der Waals surface area contributed by atoms with Gasteiger partial charge in [-0.2, -0.15) is 5.10 Å². The Labute approximate surface area is 188 Å². The van der Waals surface area contributed by atoms with Gasteiger partial charge in [-0.1, -0.05) is 5.16 Å². The Morgan fingerprint density at radius 2 is 2.03 bits per heavy atom. The highest BCUT2D eigenvalue weighted by Crippen LogP contribution is 2.35. The fourth-order valence-corrected chi connectivity index (χ4v) is 4.13. The lowest BCUT2D eigenvalue weighted by Gasteiger charge is -2.32. The van der Waals surface area contributed by atoms with Crippen LogP contribution in [0.4, 0.5) is 5.95 Å². The SMILES string of the molecule is CCn1cc(C(=O)N2CCC(c3nc(NC(C)C)ncc3-c3cc(C)no3)CC2)c(C)n1. The lowest BCUT2D eigenvalue weighted by atomic mass is 9.90. The molecule has 9 heteroatoms. The highest BCUT2D eigenvalue weighted by Gasteiger charge is 2.29. The Morgan fingerprint density at radius 1 is 1.28 bits per heavy atom. The number of aryl methyl sites for hydroxylation is 3. The first kappa shape index (κ1) is 22.0. The van der Waals surface area contributed by atoms with Gasteiger partial charge in [0, 0.05) is 50.1 Å². The average molecular weight is 438 g/mol. The number of nitrogens with one attached hydrogen (secondary N) is 1. The molecule has 4 heterocycles. The number of aromatic nitrogens is 5.